The molecule has 0 aliphatic rings. The molecule has 0 N–H and O–H groups in total. The van der Waals surface area contributed by atoms with Crippen molar-refractivity contribution in [3.8, 4) is 11.3 Å². The highest BCUT2D eigenvalue weighted by Crippen LogP contribution is 2.29. The van der Waals surface area contributed by atoms with Crippen molar-refractivity contribution in [2.45, 2.75) is 39.5 Å². The number of benzene rings is 1. The molecule has 0 bridgehead atoms. The Labute approximate surface area is 110 Å². The van der Waals surface area contributed by atoms with Gasteiger partial charge in [0.2, 0.25) is 0 Å². The average Bonchev–Trinajstić information content (AvgIpc) is 2.40. The zero-order valence-corrected chi connectivity index (χ0v) is 11.7. The molecule has 1 heterocycles. The molecule has 0 fully saturated rings. The maximum Gasteiger partial charge on any atom is 0.0705 e. The summed E-state index contributed by atoms with van der Waals surface area (Å²) in [7, 11) is 0. The molecule has 1 heteroatoms. The van der Waals surface area contributed by atoms with E-state index in [2.05, 4.69) is 64.1 Å². The van der Waals surface area contributed by atoms with Gasteiger partial charge in [0.15, 0.2) is 0 Å². The summed E-state index contributed by atoms with van der Waals surface area (Å²) in [5.74, 6) is 0. The average molecular weight is 239 g/mol. The van der Waals surface area contributed by atoms with E-state index in [4.69, 9.17) is 4.98 Å². The third-order valence-electron chi connectivity index (χ3n) is 3.69. The molecule has 2 rings (SSSR count). The molecule has 2 aromatic rings. The number of nitrogens with zero attached hydrogens (tertiary/aromatic N) is 1. The van der Waals surface area contributed by atoms with E-state index in [1.54, 1.807) is 0 Å². The van der Waals surface area contributed by atoms with Gasteiger partial charge in [0.25, 0.3) is 0 Å². The Morgan fingerprint density at radius 2 is 1.67 bits per heavy atom. The number of hydrogen-bond acceptors (Lipinski definition) is 1. The maximum atomic E-state index is 4.89. The molecule has 0 radical (unpaired) electrons. The Morgan fingerprint density at radius 1 is 1.00 bits per heavy atom. The summed E-state index contributed by atoms with van der Waals surface area (Å²) < 4.78 is 0. The molecular formula is C17H21N. The number of pyridine rings is 1. The minimum atomic E-state index is 0.134. The van der Waals surface area contributed by atoms with Crippen LogP contribution in [0.5, 0.6) is 0 Å². The van der Waals surface area contributed by atoms with Gasteiger partial charge in [-0.25, -0.2) is 0 Å². The lowest BCUT2D eigenvalue weighted by Gasteiger charge is -2.24. The lowest BCUT2D eigenvalue weighted by atomic mass is 9.83. The molecule has 1 aromatic heterocycles. The summed E-state index contributed by atoms with van der Waals surface area (Å²) in [6.07, 6.45) is 1.10. The van der Waals surface area contributed by atoms with Gasteiger partial charge in [-0.2, -0.15) is 0 Å². The van der Waals surface area contributed by atoms with Crippen LogP contribution >= 0.6 is 0 Å². The zero-order chi connectivity index (χ0) is 13.2. The van der Waals surface area contributed by atoms with Crippen LogP contribution in [0.1, 0.15) is 38.4 Å². The van der Waals surface area contributed by atoms with Crippen LogP contribution in [0.15, 0.2) is 42.5 Å². The Balaban J connectivity index is 2.51. The predicted molar refractivity (Wildman–Crippen MR) is 77.7 cm³/mol. The van der Waals surface area contributed by atoms with Crippen molar-refractivity contribution in [1.29, 1.82) is 0 Å². The van der Waals surface area contributed by atoms with Crippen LogP contribution in [0.3, 0.4) is 0 Å². The van der Waals surface area contributed by atoms with Crippen molar-refractivity contribution in [3.05, 3.63) is 53.7 Å². The molecule has 0 saturated carbocycles. The predicted octanol–water partition coefficient (Wildman–Crippen LogP) is 4.74. The minimum absolute atomic E-state index is 0.134. The Morgan fingerprint density at radius 3 is 2.28 bits per heavy atom. The van der Waals surface area contributed by atoms with Crippen molar-refractivity contribution in [2.75, 3.05) is 0 Å². The second kappa shape index (κ2) is 4.93. The van der Waals surface area contributed by atoms with Gasteiger partial charge in [-0.1, -0.05) is 57.2 Å². The normalized spacial score (nSPS) is 11.6. The van der Waals surface area contributed by atoms with Crippen LogP contribution in [-0.2, 0) is 5.41 Å². The highest BCUT2D eigenvalue weighted by molar-refractivity contribution is 5.59. The number of aromatic nitrogens is 1. The second-order valence-corrected chi connectivity index (χ2v) is 5.47. The second-order valence-electron chi connectivity index (χ2n) is 5.47. The fourth-order valence-electron chi connectivity index (χ4n) is 2.15. The van der Waals surface area contributed by atoms with Crippen molar-refractivity contribution in [3.63, 3.8) is 0 Å². The maximum absolute atomic E-state index is 4.89. The van der Waals surface area contributed by atoms with E-state index >= 15 is 0 Å². The molecule has 0 amide bonds. The van der Waals surface area contributed by atoms with E-state index in [1.165, 1.54) is 16.8 Å². The molecule has 0 aliphatic heterocycles. The van der Waals surface area contributed by atoms with Gasteiger partial charge >= 0.3 is 0 Å². The van der Waals surface area contributed by atoms with Crippen LogP contribution in [0, 0.1) is 6.92 Å². The molecule has 94 valence electrons. The van der Waals surface area contributed by atoms with Crippen LogP contribution in [-0.4, -0.2) is 4.98 Å². The molecule has 0 saturated heterocycles. The van der Waals surface area contributed by atoms with Gasteiger partial charge in [-0.15, -0.1) is 0 Å². The fourth-order valence-corrected chi connectivity index (χ4v) is 2.15. The quantitative estimate of drug-likeness (QED) is 0.753. The Hall–Kier alpha value is -1.63. The third kappa shape index (κ3) is 2.45. The van der Waals surface area contributed by atoms with Crippen LogP contribution in [0.25, 0.3) is 11.3 Å². The SMILES string of the molecule is CCC(C)(C)c1nc(-c2ccccc2)ccc1C. The van der Waals surface area contributed by atoms with Crippen molar-refractivity contribution in [1.82, 2.24) is 4.98 Å². The van der Waals surface area contributed by atoms with E-state index in [9.17, 15) is 0 Å². The summed E-state index contributed by atoms with van der Waals surface area (Å²) in [5, 5.41) is 0. The topological polar surface area (TPSA) is 12.9 Å². The first-order valence-corrected chi connectivity index (χ1v) is 6.58. The van der Waals surface area contributed by atoms with Gasteiger partial charge in [0.05, 0.1) is 5.69 Å². The van der Waals surface area contributed by atoms with Crippen molar-refractivity contribution in [2.24, 2.45) is 0 Å². The minimum Gasteiger partial charge on any atom is -0.252 e. The van der Waals surface area contributed by atoms with E-state index in [0.29, 0.717) is 0 Å². The lowest BCUT2D eigenvalue weighted by molar-refractivity contribution is 0.487. The zero-order valence-electron chi connectivity index (χ0n) is 11.7. The summed E-state index contributed by atoms with van der Waals surface area (Å²) in [6.45, 7) is 8.89. The first-order chi connectivity index (χ1) is 8.54. The van der Waals surface area contributed by atoms with Crippen LogP contribution in [0.2, 0.25) is 0 Å². The van der Waals surface area contributed by atoms with Gasteiger partial charge in [-0.05, 0) is 25.0 Å². The highest BCUT2D eigenvalue weighted by atomic mass is 14.7. The monoisotopic (exact) mass is 239 g/mol. The van der Waals surface area contributed by atoms with E-state index in [1.807, 2.05) is 6.07 Å². The fraction of sp³-hybridized carbons (Fsp3) is 0.353. The molecule has 0 unspecified atom stereocenters. The molecule has 0 spiro atoms. The van der Waals surface area contributed by atoms with Gasteiger partial charge < -0.3 is 0 Å². The largest absolute Gasteiger partial charge is 0.252 e. The van der Waals surface area contributed by atoms with Crippen molar-refractivity contribution >= 4 is 0 Å². The first-order valence-electron chi connectivity index (χ1n) is 6.58. The molecule has 0 atom stereocenters. The van der Waals surface area contributed by atoms with E-state index in [0.717, 1.165) is 12.1 Å². The van der Waals surface area contributed by atoms with Crippen LogP contribution < -0.4 is 0 Å². The molecular weight excluding hydrogens is 218 g/mol. The smallest absolute Gasteiger partial charge is 0.0705 e. The Bertz CT molecular complexity index is 527. The number of rotatable bonds is 3. The standard InChI is InChI=1S/C17H21N/c1-5-17(3,4)16-13(2)11-12-15(18-16)14-9-7-6-8-10-14/h6-12H,5H2,1-4H3. The number of hydrogen-bond donors (Lipinski definition) is 0. The summed E-state index contributed by atoms with van der Waals surface area (Å²) in [6, 6.07) is 14.7. The molecule has 1 nitrogen and oxygen atoms in total. The van der Waals surface area contributed by atoms with Gasteiger partial charge in [-0.3, -0.25) is 4.98 Å². The molecule has 18 heavy (non-hydrogen) atoms. The number of aryl methyl sites for hydroxylation is 1. The summed E-state index contributed by atoms with van der Waals surface area (Å²) in [4.78, 5) is 4.89. The highest BCUT2D eigenvalue weighted by Gasteiger charge is 2.22. The Kier molecular flexibility index (Phi) is 3.51. The van der Waals surface area contributed by atoms with E-state index < -0.39 is 0 Å². The van der Waals surface area contributed by atoms with Crippen molar-refractivity contribution < 1.29 is 0 Å². The van der Waals surface area contributed by atoms with Gasteiger partial charge in [0, 0.05) is 16.7 Å². The third-order valence-corrected chi connectivity index (χ3v) is 3.69. The first kappa shape index (κ1) is 12.8. The van der Waals surface area contributed by atoms with Gasteiger partial charge in [0.1, 0.15) is 0 Å². The lowest BCUT2D eigenvalue weighted by Crippen LogP contribution is -2.19. The summed E-state index contributed by atoms with van der Waals surface area (Å²) in [5.41, 5.74) is 4.88. The van der Waals surface area contributed by atoms with Crippen LogP contribution in [0.4, 0.5) is 0 Å². The molecule has 1 aromatic carbocycles. The van der Waals surface area contributed by atoms with E-state index in [-0.39, 0.29) is 5.41 Å². The molecule has 0 aliphatic carbocycles. The summed E-state index contributed by atoms with van der Waals surface area (Å²) >= 11 is 0.